The van der Waals surface area contributed by atoms with Crippen LogP contribution in [-0.4, -0.2) is 58.0 Å². The summed E-state index contributed by atoms with van der Waals surface area (Å²) in [5, 5.41) is 2.35. The first-order valence-electron chi connectivity index (χ1n) is 10.7. The Balaban J connectivity index is 1.31. The van der Waals surface area contributed by atoms with Crippen LogP contribution in [0, 0.1) is 23.2 Å². The standard InChI is InChI=1S/C21H34N2O3/c1-15-4-3-5-21(2)13-19-16(12-18(15)21)17(20(24)26-19)14-22-6-7-23-8-10-25-11-9-23/h16-19,22H,1,3-14H2,2H3/p+2/t16-,17-,18-,19+,21-/m0/s1. The lowest BCUT2D eigenvalue weighted by molar-refractivity contribution is -0.919. The second-order valence-electron chi connectivity index (χ2n) is 9.33. The number of fused-ring (bicyclic) bond motifs is 2. The monoisotopic (exact) mass is 364 g/mol. The number of allylic oxidation sites excluding steroid dienone is 1. The minimum absolute atomic E-state index is 0.0582. The van der Waals surface area contributed by atoms with E-state index in [4.69, 9.17) is 9.47 Å². The zero-order chi connectivity index (χ0) is 18.1. The van der Waals surface area contributed by atoms with Crippen molar-refractivity contribution < 1.29 is 24.5 Å². The van der Waals surface area contributed by atoms with Gasteiger partial charge in [-0.3, -0.25) is 4.79 Å². The Labute approximate surface area is 157 Å². The van der Waals surface area contributed by atoms with E-state index in [1.54, 1.807) is 4.90 Å². The zero-order valence-electron chi connectivity index (χ0n) is 16.3. The van der Waals surface area contributed by atoms with Gasteiger partial charge < -0.3 is 19.7 Å². The molecule has 2 aliphatic carbocycles. The van der Waals surface area contributed by atoms with E-state index < -0.39 is 0 Å². The van der Waals surface area contributed by atoms with Gasteiger partial charge in [-0.15, -0.1) is 0 Å². The van der Waals surface area contributed by atoms with E-state index in [1.807, 2.05) is 0 Å². The second-order valence-corrected chi connectivity index (χ2v) is 9.33. The maximum absolute atomic E-state index is 12.5. The molecule has 2 saturated heterocycles. The van der Waals surface area contributed by atoms with Gasteiger partial charge in [-0.25, -0.2) is 0 Å². The summed E-state index contributed by atoms with van der Waals surface area (Å²) < 4.78 is 11.3. The van der Waals surface area contributed by atoms with Crippen molar-refractivity contribution in [3.8, 4) is 0 Å². The fraction of sp³-hybridized carbons (Fsp3) is 0.857. The molecule has 5 heteroatoms. The normalized spacial score (nSPS) is 40.8. The number of ether oxygens (including phenoxy) is 2. The summed E-state index contributed by atoms with van der Waals surface area (Å²) in [6.45, 7) is 13.9. The third kappa shape index (κ3) is 3.58. The van der Waals surface area contributed by atoms with Gasteiger partial charge in [-0.05, 0) is 43.4 Å². The number of nitrogens with one attached hydrogen (secondary N) is 1. The molecular formula is C21H36N2O3+2. The Bertz CT molecular complexity index is 545. The molecule has 0 bridgehead atoms. The average molecular weight is 365 g/mol. The van der Waals surface area contributed by atoms with Gasteiger partial charge in [0.1, 0.15) is 38.2 Å². The number of hydrogen-bond acceptors (Lipinski definition) is 3. The van der Waals surface area contributed by atoms with Gasteiger partial charge in [-0.1, -0.05) is 19.1 Å². The molecule has 2 aliphatic heterocycles. The van der Waals surface area contributed by atoms with Gasteiger partial charge in [0, 0.05) is 5.92 Å². The molecule has 0 aromatic carbocycles. The Morgan fingerprint density at radius 3 is 2.96 bits per heavy atom. The van der Waals surface area contributed by atoms with Crippen molar-refractivity contribution in [3.63, 3.8) is 0 Å². The van der Waals surface area contributed by atoms with Crippen LogP contribution in [0.3, 0.4) is 0 Å². The number of esters is 1. The minimum atomic E-state index is 0.0582. The fourth-order valence-electron chi connectivity index (χ4n) is 6.04. The van der Waals surface area contributed by atoms with Crippen LogP contribution in [0.15, 0.2) is 12.2 Å². The van der Waals surface area contributed by atoms with Crippen LogP contribution in [0.25, 0.3) is 0 Å². The summed E-state index contributed by atoms with van der Waals surface area (Å²) in [7, 11) is 0. The first kappa shape index (κ1) is 18.5. The fourth-order valence-corrected chi connectivity index (χ4v) is 6.04. The zero-order valence-corrected chi connectivity index (χ0v) is 16.3. The molecule has 4 rings (SSSR count). The van der Waals surface area contributed by atoms with Gasteiger partial charge in [-0.2, -0.15) is 0 Å². The molecule has 2 heterocycles. The molecule has 0 spiro atoms. The van der Waals surface area contributed by atoms with Crippen molar-refractivity contribution in [2.24, 2.45) is 23.2 Å². The summed E-state index contributed by atoms with van der Waals surface area (Å²) in [6, 6.07) is 0. The van der Waals surface area contributed by atoms with Crippen LogP contribution < -0.4 is 10.2 Å². The summed E-state index contributed by atoms with van der Waals surface area (Å²) >= 11 is 0. The summed E-state index contributed by atoms with van der Waals surface area (Å²) in [6.07, 6.45) is 5.99. The van der Waals surface area contributed by atoms with Gasteiger partial charge in [0.05, 0.1) is 19.8 Å². The number of nitrogens with two attached hydrogens (primary N) is 1. The molecule has 0 unspecified atom stereocenters. The lowest BCUT2D eigenvalue weighted by Gasteiger charge is -2.49. The summed E-state index contributed by atoms with van der Waals surface area (Å²) in [4.78, 5) is 14.2. The molecule has 3 N–H and O–H groups in total. The molecule has 2 saturated carbocycles. The number of hydrogen-bond donors (Lipinski definition) is 2. The highest BCUT2D eigenvalue weighted by Gasteiger charge is 2.55. The van der Waals surface area contributed by atoms with E-state index in [9.17, 15) is 4.79 Å². The van der Waals surface area contributed by atoms with Gasteiger partial charge in [0.2, 0.25) is 0 Å². The van der Waals surface area contributed by atoms with Crippen LogP contribution in [-0.2, 0) is 14.3 Å². The van der Waals surface area contributed by atoms with Gasteiger partial charge in [0.15, 0.2) is 0 Å². The molecule has 4 fully saturated rings. The third-order valence-corrected chi connectivity index (χ3v) is 7.64. The predicted molar refractivity (Wildman–Crippen MR) is 98.7 cm³/mol. The SMILES string of the molecule is C=C1CCC[C@@]2(C)C[C@H]3OC(=O)[C@@H](C[NH2+]CC[NH+]4CCOCC4)[C@@H]3C[C@@H]12. The van der Waals surface area contributed by atoms with Crippen molar-refractivity contribution in [3.05, 3.63) is 12.2 Å². The molecule has 5 atom stereocenters. The largest absolute Gasteiger partial charge is 0.462 e. The van der Waals surface area contributed by atoms with E-state index in [-0.39, 0.29) is 18.0 Å². The molecule has 0 amide bonds. The van der Waals surface area contributed by atoms with Crippen molar-refractivity contribution in [2.75, 3.05) is 45.9 Å². The van der Waals surface area contributed by atoms with E-state index in [0.29, 0.717) is 17.3 Å². The molecule has 5 nitrogen and oxygen atoms in total. The number of carbonyl (C=O) groups is 1. The molecule has 0 aromatic rings. The Hall–Kier alpha value is -0.910. The maximum Gasteiger partial charge on any atom is 0.315 e. The maximum atomic E-state index is 12.5. The molecule has 4 aliphatic rings. The number of carbonyl (C=O) groups excluding carboxylic acids is 1. The Morgan fingerprint density at radius 1 is 1.35 bits per heavy atom. The molecular weight excluding hydrogens is 328 g/mol. The average Bonchev–Trinajstić information content (AvgIpc) is 2.92. The topological polar surface area (TPSA) is 56.6 Å². The number of rotatable bonds is 5. The van der Waals surface area contributed by atoms with E-state index in [1.165, 1.54) is 24.8 Å². The van der Waals surface area contributed by atoms with Crippen LogP contribution >= 0.6 is 0 Å². The van der Waals surface area contributed by atoms with Crippen molar-refractivity contribution in [1.82, 2.24) is 0 Å². The quantitative estimate of drug-likeness (QED) is 0.403. The molecule has 26 heavy (non-hydrogen) atoms. The lowest BCUT2D eigenvalue weighted by atomic mass is 9.55. The van der Waals surface area contributed by atoms with E-state index in [2.05, 4.69) is 18.8 Å². The highest BCUT2D eigenvalue weighted by molar-refractivity contribution is 5.75. The van der Waals surface area contributed by atoms with Gasteiger partial charge in [0.25, 0.3) is 0 Å². The Kier molecular flexibility index (Phi) is 5.40. The van der Waals surface area contributed by atoms with Gasteiger partial charge >= 0.3 is 5.97 Å². The second kappa shape index (κ2) is 7.61. The third-order valence-electron chi connectivity index (χ3n) is 7.64. The summed E-state index contributed by atoms with van der Waals surface area (Å²) in [5.74, 6) is 1.14. The van der Waals surface area contributed by atoms with E-state index >= 15 is 0 Å². The lowest BCUT2D eigenvalue weighted by Crippen LogP contribution is -3.16. The van der Waals surface area contributed by atoms with Crippen LogP contribution in [0.4, 0.5) is 0 Å². The molecule has 0 aromatic heterocycles. The molecule has 0 radical (unpaired) electrons. The number of morpholine rings is 1. The minimum Gasteiger partial charge on any atom is -0.462 e. The van der Waals surface area contributed by atoms with Crippen LogP contribution in [0.2, 0.25) is 0 Å². The summed E-state index contributed by atoms with van der Waals surface area (Å²) in [5.41, 5.74) is 1.73. The highest BCUT2D eigenvalue weighted by atomic mass is 16.6. The smallest absolute Gasteiger partial charge is 0.315 e. The van der Waals surface area contributed by atoms with Crippen molar-refractivity contribution >= 4 is 5.97 Å². The number of quaternary nitrogens is 2. The van der Waals surface area contributed by atoms with Crippen molar-refractivity contribution in [1.29, 1.82) is 0 Å². The molecule has 146 valence electrons. The first-order chi connectivity index (χ1) is 12.6. The van der Waals surface area contributed by atoms with Crippen LogP contribution in [0.1, 0.15) is 39.0 Å². The van der Waals surface area contributed by atoms with E-state index in [0.717, 1.165) is 58.8 Å². The predicted octanol–water partition coefficient (Wildman–Crippen LogP) is -0.221. The Morgan fingerprint density at radius 2 is 2.15 bits per heavy atom. The first-order valence-corrected chi connectivity index (χ1v) is 10.7. The highest BCUT2D eigenvalue weighted by Crippen LogP contribution is 2.56. The van der Waals surface area contributed by atoms with Crippen LogP contribution in [0.5, 0.6) is 0 Å². The van der Waals surface area contributed by atoms with Crippen molar-refractivity contribution in [2.45, 2.75) is 45.1 Å².